The lowest BCUT2D eigenvalue weighted by molar-refractivity contribution is 0.0692. The Bertz CT molecular complexity index is 397. The summed E-state index contributed by atoms with van der Waals surface area (Å²) >= 11 is 1.36. The second kappa shape index (κ2) is 6.18. The lowest BCUT2D eigenvalue weighted by Crippen LogP contribution is -2.16. The number of carbonyl (C=O) groups is 1. The second-order valence-electron chi connectivity index (χ2n) is 5.18. The van der Waals surface area contributed by atoms with Crippen LogP contribution < -0.4 is 5.32 Å². The van der Waals surface area contributed by atoms with Gasteiger partial charge in [-0.1, -0.05) is 32.6 Å². The molecule has 1 saturated carbocycles. The molecular weight excluding hydrogens is 248 g/mol. The highest BCUT2D eigenvalue weighted by Gasteiger charge is 2.18. The molecule has 0 aliphatic heterocycles. The average Bonchev–Trinajstić information content (AvgIpc) is 2.80. The van der Waals surface area contributed by atoms with Gasteiger partial charge in [-0.25, -0.2) is 9.78 Å². The zero-order chi connectivity index (χ0) is 13.0. The van der Waals surface area contributed by atoms with E-state index in [1.54, 1.807) is 5.51 Å². The zero-order valence-corrected chi connectivity index (χ0v) is 11.5. The summed E-state index contributed by atoms with van der Waals surface area (Å²) in [6.45, 7) is 3.17. The summed E-state index contributed by atoms with van der Waals surface area (Å²) in [6.07, 6.45) is 6.44. The number of carboxylic acid groups (broad SMARTS) is 1. The van der Waals surface area contributed by atoms with E-state index in [1.807, 2.05) is 0 Å². The van der Waals surface area contributed by atoms with Crippen LogP contribution >= 0.6 is 11.3 Å². The van der Waals surface area contributed by atoms with Crippen molar-refractivity contribution in [3.8, 4) is 0 Å². The van der Waals surface area contributed by atoms with E-state index in [0.717, 1.165) is 24.8 Å². The van der Waals surface area contributed by atoms with E-state index in [-0.39, 0.29) is 5.69 Å². The molecule has 18 heavy (non-hydrogen) atoms. The number of anilines is 1. The first kappa shape index (κ1) is 13.3. The first-order valence-corrected chi connectivity index (χ1v) is 7.45. The number of nitrogens with zero attached hydrogens (tertiary/aromatic N) is 1. The molecule has 0 bridgehead atoms. The molecule has 1 aromatic heterocycles. The number of hydrogen-bond acceptors (Lipinski definition) is 4. The normalized spacial score (nSPS) is 23.8. The molecule has 2 N–H and O–H groups in total. The Morgan fingerprint density at radius 1 is 1.50 bits per heavy atom. The molecule has 5 heteroatoms. The minimum atomic E-state index is -0.953. The fourth-order valence-electron chi connectivity index (χ4n) is 2.53. The summed E-state index contributed by atoms with van der Waals surface area (Å²) in [5.74, 6) is 0.731. The van der Waals surface area contributed by atoms with Crippen molar-refractivity contribution in [1.29, 1.82) is 0 Å². The maximum absolute atomic E-state index is 10.9. The number of nitrogens with one attached hydrogen (secondary N) is 1. The van der Waals surface area contributed by atoms with E-state index in [9.17, 15) is 4.79 Å². The van der Waals surface area contributed by atoms with E-state index in [2.05, 4.69) is 17.2 Å². The summed E-state index contributed by atoms with van der Waals surface area (Å²) in [4.78, 5) is 14.7. The van der Waals surface area contributed by atoms with Gasteiger partial charge in [-0.15, -0.1) is 11.3 Å². The average molecular weight is 268 g/mol. The van der Waals surface area contributed by atoms with Gasteiger partial charge in [0.15, 0.2) is 5.69 Å². The molecular formula is C13H20N2O2S. The highest BCUT2D eigenvalue weighted by molar-refractivity contribution is 7.14. The van der Waals surface area contributed by atoms with Crippen LogP contribution in [0.1, 0.15) is 49.5 Å². The summed E-state index contributed by atoms with van der Waals surface area (Å²) in [5, 5.41) is 12.8. The summed E-state index contributed by atoms with van der Waals surface area (Å²) in [6, 6.07) is 0. The van der Waals surface area contributed by atoms with Crippen LogP contribution in [0.25, 0.3) is 0 Å². The number of hydrogen-bond donors (Lipinski definition) is 2. The standard InChI is InChI=1S/C13H20N2O2S/c1-9-2-4-10(5-3-9)6-7-14-12-11(13(16)17)15-8-18-12/h8-10,14H,2-7H2,1H3,(H,16,17). The predicted octanol–water partition coefficient (Wildman–Crippen LogP) is 3.47. The quantitative estimate of drug-likeness (QED) is 0.858. The number of carboxylic acids is 1. The van der Waals surface area contributed by atoms with Crippen molar-refractivity contribution < 1.29 is 9.90 Å². The van der Waals surface area contributed by atoms with E-state index in [0.29, 0.717) is 5.00 Å². The van der Waals surface area contributed by atoms with E-state index < -0.39 is 5.97 Å². The van der Waals surface area contributed by atoms with Crippen LogP contribution in [0, 0.1) is 11.8 Å². The third-order valence-corrected chi connectivity index (χ3v) is 4.53. The lowest BCUT2D eigenvalue weighted by atomic mass is 9.81. The van der Waals surface area contributed by atoms with Gasteiger partial charge in [0.25, 0.3) is 0 Å². The summed E-state index contributed by atoms with van der Waals surface area (Å²) in [7, 11) is 0. The van der Waals surface area contributed by atoms with Crippen molar-refractivity contribution in [3.05, 3.63) is 11.2 Å². The Kier molecular flexibility index (Phi) is 4.58. The molecule has 1 heterocycles. The fraction of sp³-hybridized carbons (Fsp3) is 0.692. The first-order valence-electron chi connectivity index (χ1n) is 6.57. The highest BCUT2D eigenvalue weighted by Crippen LogP contribution is 2.30. The van der Waals surface area contributed by atoms with E-state index in [4.69, 9.17) is 5.11 Å². The van der Waals surface area contributed by atoms with Crippen molar-refractivity contribution in [3.63, 3.8) is 0 Å². The molecule has 1 aliphatic rings. The molecule has 2 rings (SSSR count). The molecule has 0 unspecified atom stereocenters. The van der Waals surface area contributed by atoms with Gasteiger partial charge in [-0.3, -0.25) is 0 Å². The van der Waals surface area contributed by atoms with E-state index >= 15 is 0 Å². The second-order valence-corrected chi connectivity index (χ2v) is 6.03. The topological polar surface area (TPSA) is 62.2 Å². The van der Waals surface area contributed by atoms with E-state index in [1.165, 1.54) is 37.0 Å². The maximum Gasteiger partial charge on any atom is 0.357 e. The minimum Gasteiger partial charge on any atom is -0.476 e. The molecule has 1 fully saturated rings. The predicted molar refractivity (Wildman–Crippen MR) is 73.3 cm³/mol. The van der Waals surface area contributed by atoms with Crippen LogP contribution in [0.15, 0.2) is 5.51 Å². The monoisotopic (exact) mass is 268 g/mol. The summed E-state index contributed by atoms with van der Waals surface area (Å²) < 4.78 is 0. The van der Waals surface area contributed by atoms with Crippen molar-refractivity contribution in [2.24, 2.45) is 11.8 Å². The number of aromatic carboxylic acids is 1. The van der Waals surface area contributed by atoms with Crippen molar-refractivity contribution in [2.75, 3.05) is 11.9 Å². The van der Waals surface area contributed by atoms with Crippen LogP contribution in [0.5, 0.6) is 0 Å². The molecule has 1 aromatic rings. The Morgan fingerprint density at radius 3 is 2.89 bits per heavy atom. The SMILES string of the molecule is CC1CCC(CCNc2scnc2C(=O)O)CC1. The number of thiazole rings is 1. The Morgan fingerprint density at radius 2 is 2.22 bits per heavy atom. The van der Waals surface area contributed by atoms with Crippen LogP contribution in [-0.2, 0) is 0 Å². The van der Waals surface area contributed by atoms with Gasteiger partial charge in [0, 0.05) is 6.54 Å². The molecule has 0 spiro atoms. The summed E-state index contributed by atoms with van der Waals surface area (Å²) in [5.41, 5.74) is 1.73. The van der Waals surface area contributed by atoms with Crippen LogP contribution in [0.2, 0.25) is 0 Å². The molecule has 0 atom stereocenters. The van der Waals surface area contributed by atoms with Gasteiger partial charge in [-0.05, 0) is 18.3 Å². The number of aromatic nitrogens is 1. The smallest absolute Gasteiger partial charge is 0.357 e. The van der Waals surface area contributed by atoms with Gasteiger partial charge in [0.05, 0.1) is 5.51 Å². The van der Waals surface area contributed by atoms with Gasteiger partial charge >= 0.3 is 5.97 Å². The lowest BCUT2D eigenvalue weighted by Gasteiger charge is -2.26. The molecule has 100 valence electrons. The Hall–Kier alpha value is -1.10. The third kappa shape index (κ3) is 3.45. The largest absolute Gasteiger partial charge is 0.476 e. The van der Waals surface area contributed by atoms with Crippen molar-refractivity contribution >= 4 is 22.3 Å². The molecule has 4 nitrogen and oxygen atoms in total. The molecule has 0 saturated heterocycles. The molecule has 0 radical (unpaired) electrons. The fourth-order valence-corrected chi connectivity index (χ4v) is 3.23. The van der Waals surface area contributed by atoms with Gasteiger partial charge < -0.3 is 10.4 Å². The molecule has 1 aliphatic carbocycles. The third-order valence-electron chi connectivity index (χ3n) is 3.74. The van der Waals surface area contributed by atoms with Crippen LogP contribution in [-0.4, -0.2) is 22.6 Å². The molecule has 0 amide bonds. The van der Waals surface area contributed by atoms with Crippen LogP contribution in [0.4, 0.5) is 5.00 Å². The molecule has 0 aromatic carbocycles. The highest BCUT2D eigenvalue weighted by atomic mass is 32.1. The number of rotatable bonds is 5. The van der Waals surface area contributed by atoms with Crippen LogP contribution in [0.3, 0.4) is 0 Å². The van der Waals surface area contributed by atoms with Gasteiger partial charge in [0.2, 0.25) is 0 Å². The van der Waals surface area contributed by atoms with Crippen molar-refractivity contribution in [1.82, 2.24) is 4.98 Å². The Balaban J connectivity index is 1.75. The zero-order valence-electron chi connectivity index (χ0n) is 10.7. The Labute approximate surface area is 111 Å². The minimum absolute atomic E-state index is 0.150. The van der Waals surface area contributed by atoms with Crippen molar-refractivity contribution in [2.45, 2.75) is 39.0 Å². The first-order chi connectivity index (χ1) is 8.66. The van der Waals surface area contributed by atoms with Gasteiger partial charge in [-0.2, -0.15) is 0 Å². The van der Waals surface area contributed by atoms with Gasteiger partial charge in [0.1, 0.15) is 5.00 Å². The maximum atomic E-state index is 10.9.